The minimum atomic E-state index is -0.806. The molecule has 0 aliphatic heterocycles. The number of fused-ring (bicyclic) bond motifs is 6. The summed E-state index contributed by atoms with van der Waals surface area (Å²) in [4.78, 5) is 60.2. The summed E-state index contributed by atoms with van der Waals surface area (Å²) in [6.45, 7) is 20.4. The second-order valence-electron chi connectivity index (χ2n) is 20.6. The Kier molecular flexibility index (Phi) is 31.8. The Hall–Kier alpha value is -6.22. The zero-order valence-electron chi connectivity index (χ0n) is 53.5. The van der Waals surface area contributed by atoms with Crippen molar-refractivity contribution in [1.29, 1.82) is 0 Å². The quantitative estimate of drug-likeness (QED) is 0.0247. The molecule has 0 unspecified atom stereocenters. The first kappa shape index (κ1) is 77.2. The van der Waals surface area contributed by atoms with E-state index in [9.17, 15) is 14.4 Å². The lowest BCUT2D eigenvalue weighted by Crippen LogP contribution is -2.29. The van der Waals surface area contributed by atoms with Crippen molar-refractivity contribution in [1.82, 2.24) is 49.0 Å². The van der Waals surface area contributed by atoms with E-state index >= 15 is 0 Å². The van der Waals surface area contributed by atoms with E-state index in [-0.39, 0.29) is 42.1 Å². The van der Waals surface area contributed by atoms with Crippen LogP contribution in [0.5, 0.6) is 0 Å². The lowest BCUT2D eigenvalue weighted by molar-refractivity contribution is -0.683. The highest BCUT2D eigenvalue weighted by molar-refractivity contribution is 9.09. The first-order valence-corrected chi connectivity index (χ1v) is 35.0. The number of aryl methyl sites for hydroxylation is 10. The molecule has 0 atom stereocenters. The second kappa shape index (κ2) is 37.5. The van der Waals surface area contributed by atoms with Gasteiger partial charge in [-0.25, -0.2) is 34.1 Å². The highest BCUT2D eigenvalue weighted by Gasteiger charge is 2.18. The van der Waals surface area contributed by atoms with Crippen LogP contribution in [0.1, 0.15) is 61.1 Å². The van der Waals surface area contributed by atoms with E-state index in [0.29, 0.717) is 10.1 Å². The number of carboxylic acids is 2. The van der Waals surface area contributed by atoms with Gasteiger partial charge in [0, 0.05) is 14.1 Å². The molecule has 0 aliphatic carbocycles. The predicted octanol–water partition coefficient (Wildman–Crippen LogP) is 16.3. The van der Waals surface area contributed by atoms with Gasteiger partial charge in [0.25, 0.3) is 0 Å². The minimum Gasteiger partial charge on any atom is -0.481 e. The Balaban J connectivity index is 0.000000229. The number of aliphatic carboxylic acids is 2. The maximum absolute atomic E-state index is 10.5. The van der Waals surface area contributed by atoms with Crippen LogP contribution in [0.2, 0.25) is 0 Å². The molecule has 12 rings (SSSR count). The molecule has 17 nitrogen and oxygen atoms in total. The summed E-state index contributed by atoms with van der Waals surface area (Å²) in [5, 5.41) is 22.7. The van der Waals surface area contributed by atoms with E-state index in [4.69, 9.17) is 22.4 Å². The van der Waals surface area contributed by atoms with Gasteiger partial charge >= 0.3 is 22.3 Å². The molecule has 486 valence electrons. The van der Waals surface area contributed by atoms with Gasteiger partial charge in [-0.3, -0.25) is 14.4 Å². The summed E-state index contributed by atoms with van der Waals surface area (Å²) in [6, 6.07) is 37.5. The summed E-state index contributed by atoms with van der Waals surface area (Å²) in [6.07, 6.45) is 0. The van der Waals surface area contributed by atoms with Crippen molar-refractivity contribution in [2.24, 2.45) is 28.2 Å². The highest BCUT2D eigenvalue weighted by Crippen LogP contribution is 2.26. The number of aromatic nitrogens is 12. The van der Waals surface area contributed by atoms with Crippen LogP contribution in [-0.4, -0.2) is 111 Å². The van der Waals surface area contributed by atoms with Crippen molar-refractivity contribution in [2.45, 2.75) is 95.0 Å². The van der Waals surface area contributed by atoms with Gasteiger partial charge in [-0.2, -0.15) is 0 Å². The number of hydrogen-bond acceptors (Lipinski definition) is 12. The number of nitrogens with zero attached hydrogens (tertiary/aromatic N) is 7. The Morgan fingerprint density at radius 3 is 1.51 bits per heavy atom. The van der Waals surface area contributed by atoms with Gasteiger partial charge in [-0.15, -0.1) is 24.8 Å². The first-order chi connectivity index (χ1) is 42.4. The fourth-order valence-electron chi connectivity index (χ4n) is 8.74. The molecule has 0 spiro atoms. The average molecular weight is 1450 g/mol. The average Bonchev–Trinajstić information content (AvgIpc) is 2.93. The van der Waals surface area contributed by atoms with E-state index < -0.39 is 11.9 Å². The summed E-state index contributed by atoms with van der Waals surface area (Å²) in [7, 11) is 8.01. The van der Waals surface area contributed by atoms with Gasteiger partial charge in [0.15, 0.2) is 42.3 Å². The van der Waals surface area contributed by atoms with Crippen molar-refractivity contribution < 1.29 is 33.7 Å². The number of hydrogen-bond donors (Lipinski definition) is 7. The molecule has 6 aromatic carbocycles. The van der Waals surface area contributed by atoms with Gasteiger partial charge in [0.05, 0.1) is 63.6 Å². The summed E-state index contributed by atoms with van der Waals surface area (Å²) < 4.78 is 8.96. The molecule has 0 saturated carbocycles. The fraction of sp³-hybridized carbons (Fsp3) is 0.308. The third-order valence-electron chi connectivity index (χ3n) is 13.1. The van der Waals surface area contributed by atoms with Crippen LogP contribution < -0.4 is 9.13 Å². The van der Waals surface area contributed by atoms with E-state index in [1.165, 1.54) is 74.9 Å². The monoisotopic (exact) mass is 1450 g/mol. The second-order valence-corrected chi connectivity index (χ2v) is 27.2. The zero-order chi connectivity index (χ0) is 65.1. The van der Waals surface area contributed by atoms with Crippen LogP contribution in [0.4, 0.5) is 0 Å². The SMILES string of the molecule is CC(=O)CBr.CCSc1nc2cc(C)ccc2n1C.CCSc1nc2ccc(C)cc2[nH]1.CCSc1nc2ccc(C)cc2n1C.Cc1ccc2[nH]c(=S)[nH]c2c1.Cc1ccc2[nH]c(SCC(=O)O)[n+](C)c2c1.Cc1ccc2c(c1)[nH]c(SCC(=O)O)[n+]2C.Cl.Cl. The smallest absolute Gasteiger partial charge is 0.317 e. The third-order valence-corrected chi connectivity index (χ3v) is 18.7. The number of carbonyl (C=O) groups is 3. The maximum Gasteiger partial charge on any atom is 0.317 e. The van der Waals surface area contributed by atoms with Gasteiger partial charge in [0.2, 0.25) is 0 Å². The van der Waals surface area contributed by atoms with Crippen LogP contribution in [0, 0.1) is 46.3 Å². The number of ketones is 1. The summed E-state index contributed by atoms with van der Waals surface area (Å²) in [5.41, 5.74) is 20.6. The molecule has 0 bridgehead atoms. The van der Waals surface area contributed by atoms with Gasteiger partial charge in [0.1, 0.15) is 17.3 Å². The molecule has 6 aromatic heterocycles. The topological polar surface area (TPSA) is 227 Å². The first-order valence-electron chi connectivity index (χ1n) is 28.5. The number of carbonyl (C=O) groups excluding carboxylic acids is 1. The lowest BCUT2D eigenvalue weighted by atomic mass is 10.2. The van der Waals surface area contributed by atoms with Crippen molar-refractivity contribution in [3.63, 3.8) is 0 Å². The maximum atomic E-state index is 10.5. The standard InChI is InChI=1S/2C11H12N2O2S.2C11H14N2S.C10H12N2S.C8H8N2S.C3H5BrO.2ClH/c1-7-3-4-9-8(5-7)12-11(13(9)2)16-6-10(14)15;1-7-3-4-8-9(5-7)13(2)11(12-8)16-6-10(14)15;1-4-14-11-12-9-7-8(2)5-6-10(9)13(11)3;1-4-14-11-12-9-6-5-8(2)7-10(9)13(11)3;1-3-13-10-11-8-5-4-7(2)6-9(8)12-10;1-5-2-3-6-7(4-5)10-8(11)9-6;1-3(5)2-4;;/h2*3-5H,6H2,1-2H3,(H,14,15);2*5-7H,4H2,1-3H3;4-6H,3H2,1-2H3,(H,11,12);2-4H,1H3,(H2,9,10,11);2H2,1H3;2*1H/p+2. The van der Waals surface area contributed by atoms with Crippen molar-refractivity contribution >= 4 is 196 Å². The Bertz CT molecular complexity index is 4420. The van der Waals surface area contributed by atoms with Gasteiger partial charge < -0.3 is 34.3 Å². The van der Waals surface area contributed by atoms with Crippen LogP contribution in [0.15, 0.2) is 135 Å². The van der Waals surface area contributed by atoms with E-state index in [2.05, 4.69) is 206 Å². The van der Waals surface area contributed by atoms with Crippen molar-refractivity contribution in [3.8, 4) is 0 Å². The van der Waals surface area contributed by atoms with Gasteiger partial charge in [-0.05, 0) is 208 Å². The van der Waals surface area contributed by atoms with E-state index in [0.717, 1.165) is 98.2 Å². The molecule has 0 saturated heterocycles. The largest absolute Gasteiger partial charge is 0.481 e. The van der Waals surface area contributed by atoms with Crippen LogP contribution in [0.25, 0.3) is 66.2 Å². The fourth-order valence-corrected chi connectivity index (χ4v) is 12.5. The molecule has 0 fully saturated rings. The number of imidazole rings is 6. The molecule has 91 heavy (non-hydrogen) atoms. The molecule has 0 aliphatic rings. The Morgan fingerprint density at radius 2 is 0.934 bits per heavy atom. The number of aromatic amines is 5. The number of Topliss-reactive ketones (excluding diaryl/α,β-unsaturated/α-hetero) is 1. The summed E-state index contributed by atoms with van der Waals surface area (Å²) in [5.74, 6) is 1.88. The number of alkyl halides is 1. The van der Waals surface area contributed by atoms with Gasteiger partial charge in [-0.1, -0.05) is 108 Å². The minimum absolute atomic E-state index is 0. The molecule has 6 heterocycles. The number of rotatable bonds is 13. The Labute approximate surface area is 578 Å². The normalized spacial score (nSPS) is 10.5. The third kappa shape index (κ3) is 22.8. The van der Waals surface area contributed by atoms with Crippen molar-refractivity contribution in [2.75, 3.05) is 34.1 Å². The van der Waals surface area contributed by atoms with Crippen LogP contribution in [-0.2, 0) is 42.6 Å². The highest BCUT2D eigenvalue weighted by atomic mass is 79.9. The number of benzene rings is 6. The molecule has 7 N–H and O–H groups in total. The van der Waals surface area contributed by atoms with Crippen LogP contribution >= 0.6 is 112 Å². The molecule has 0 amide bonds. The van der Waals surface area contributed by atoms with E-state index in [1.54, 1.807) is 35.3 Å². The lowest BCUT2D eigenvalue weighted by Gasteiger charge is -1.99. The Morgan fingerprint density at radius 1 is 0.495 bits per heavy atom. The predicted molar refractivity (Wildman–Crippen MR) is 393 cm³/mol. The molecule has 0 radical (unpaired) electrons. The zero-order valence-corrected chi connectivity index (χ0v) is 61.6. The van der Waals surface area contributed by atoms with Crippen LogP contribution in [0.3, 0.4) is 0 Å². The molecule has 12 aromatic rings. The number of carboxylic acid groups (broad SMARTS) is 2. The van der Waals surface area contributed by atoms with Crippen molar-refractivity contribution in [3.05, 3.63) is 147 Å². The molecule has 26 heteroatoms. The molecular weight excluding hydrogens is 1370 g/mol. The number of halogens is 3. The number of nitrogens with one attached hydrogen (secondary N) is 5. The number of H-pyrrole nitrogens is 5. The number of thioether (sulfide) groups is 5. The van der Waals surface area contributed by atoms with E-state index in [1.807, 2.05) is 67.4 Å². The summed E-state index contributed by atoms with van der Waals surface area (Å²) >= 11 is 15.8. The molecular formula is C65H81BrCl2N12O5S6+2.